The zero-order valence-corrected chi connectivity index (χ0v) is 8.02. The van der Waals surface area contributed by atoms with Crippen molar-refractivity contribution in [3.05, 3.63) is 35.1 Å². The van der Waals surface area contributed by atoms with Gasteiger partial charge in [0.1, 0.15) is 5.69 Å². The summed E-state index contributed by atoms with van der Waals surface area (Å²) in [5.74, 6) is -0.124. The van der Waals surface area contributed by atoms with E-state index in [0.717, 1.165) is 4.48 Å². The van der Waals surface area contributed by atoms with E-state index in [0.29, 0.717) is 12.2 Å². The predicted octanol–water partition coefficient (Wildman–Crippen LogP) is 1.65. The number of hydrogen-bond donors (Lipinski definition) is 2. The van der Waals surface area contributed by atoms with Crippen LogP contribution in [0, 0.1) is 0 Å². The van der Waals surface area contributed by atoms with Crippen molar-refractivity contribution in [2.45, 2.75) is 0 Å². The lowest BCUT2D eigenvalue weighted by molar-refractivity contribution is 0.0953. The summed E-state index contributed by atoms with van der Waals surface area (Å²) in [5, 5.41) is 2.67. The fourth-order valence-electron chi connectivity index (χ4n) is 0.743. The number of aromatic nitrogens is 1. The quantitative estimate of drug-likeness (QED) is 0.813. The van der Waals surface area contributed by atoms with Gasteiger partial charge >= 0.3 is 0 Å². The second kappa shape index (κ2) is 4.11. The number of aromatic amines is 1. The van der Waals surface area contributed by atoms with Gasteiger partial charge in [-0.2, -0.15) is 0 Å². The Labute approximate surface area is 79.0 Å². The summed E-state index contributed by atoms with van der Waals surface area (Å²) >= 11 is 3.15. The van der Waals surface area contributed by atoms with Gasteiger partial charge in [-0.05, 0) is 12.1 Å². The predicted molar refractivity (Wildman–Crippen MR) is 51.2 cm³/mol. The molecule has 1 aromatic heterocycles. The maximum absolute atomic E-state index is 11.2. The van der Waals surface area contributed by atoms with Crippen LogP contribution in [-0.4, -0.2) is 17.4 Å². The van der Waals surface area contributed by atoms with Crippen LogP contribution in [0.25, 0.3) is 0 Å². The van der Waals surface area contributed by atoms with Crippen LogP contribution in [0.1, 0.15) is 10.5 Å². The summed E-state index contributed by atoms with van der Waals surface area (Å²) < 4.78 is 0.752. The molecule has 0 saturated heterocycles. The van der Waals surface area contributed by atoms with Gasteiger partial charge in [-0.3, -0.25) is 4.79 Å². The van der Waals surface area contributed by atoms with Gasteiger partial charge in [0.2, 0.25) is 0 Å². The van der Waals surface area contributed by atoms with Gasteiger partial charge < -0.3 is 10.3 Å². The average molecular weight is 229 g/mol. The molecule has 0 bridgehead atoms. The maximum Gasteiger partial charge on any atom is 0.267 e. The molecule has 0 saturated carbocycles. The molecule has 0 aliphatic carbocycles. The van der Waals surface area contributed by atoms with Crippen LogP contribution >= 0.6 is 15.9 Å². The maximum atomic E-state index is 11.2. The zero-order valence-electron chi connectivity index (χ0n) is 6.43. The molecule has 1 rings (SSSR count). The molecule has 0 radical (unpaired) electrons. The summed E-state index contributed by atoms with van der Waals surface area (Å²) in [6.45, 7) is 4.04. The molecule has 3 nitrogen and oxygen atoms in total. The Balaban J connectivity index is 2.45. The Morgan fingerprint density at radius 1 is 1.75 bits per heavy atom. The zero-order chi connectivity index (χ0) is 8.97. The van der Waals surface area contributed by atoms with E-state index in [9.17, 15) is 4.79 Å². The lowest BCUT2D eigenvalue weighted by Gasteiger charge is -2.00. The Bertz CT molecular complexity index is 279. The summed E-state index contributed by atoms with van der Waals surface area (Å²) in [4.78, 5) is 14.0. The molecule has 1 aromatic rings. The number of H-pyrrole nitrogens is 1. The fourth-order valence-corrected chi connectivity index (χ4v) is 0.883. The molecule has 0 unspecified atom stereocenters. The molecule has 0 atom stereocenters. The van der Waals surface area contributed by atoms with E-state index in [2.05, 4.69) is 32.8 Å². The Morgan fingerprint density at radius 2 is 2.50 bits per heavy atom. The molecule has 64 valence electrons. The highest BCUT2D eigenvalue weighted by Gasteiger charge is 2.03. The molecule has 0 aromatic carbocycles. The van der Waals surface area contributed by atoms with Crippen molar-refractivity contribution in [3.8, 4) is 0 Å². The molecule has 0 aliphatic heterocycles. The Kier molecular flexibility index (Phi) is 3.10. The van der Waals surface area contributed by atoms with Gasteiger partial charge in [0.15, 0.2) is 0 Å². The van der Waals surface area contributed by atoms with Gasteiger partial charge in [-0.25, -0.2) is 0 Å². The molecular formula is C8H9BrN2O. The fraction of sp³-hybridized carbons (Fsp3) is 0.125. The van der Waals surface area contributed by atoms with Gasteiger partial charge in [-0.1, -0.05) is 22.5 Å². The first-order chi connectivity index (χ1) is 5.70. The van der Waals surface area contributed by atoms with Gasteiger partial charge in [0.25, 0.3) is 5.91 Å². The van der Waals surface area contributed by atoms with Crippen molar-refractivity contribution in [1.29, 1.82) is 0 Å². The summed E-state index contributed by atoms with van der Waals surface area (Å²) in [7, 11) is 0. The first-order valence-corrected chi connectivity index (χ1v) is 4.24. The SMILES string of the molecule is C=C(Br)CNC(=O)c1ccc[nH]1. The smallest absolute Gasteiger partial charge is 0.267 e. The highest BCUT2D eigenvalue weighted by Crippen LogP contribution is 1.98. The van der Waals surface area contributed by atoms with Crippen LogP contribution in [0.5, 0.6) is 0 Å². The number of halogens is 1. The van der Waals surface area contributed by atoms with Gasteiger partial charge in [0.05, 0.1) is 0 Å². The number of hydrogen-bond acceptors (Lipinski definition) is 1. The van der Waals surface area contributed by atoms with Crippen LogP contribution in [0.4, 0.5) is 0 Å². The highest BCUT2D eigenvalue weighted by atomic mass is 79.9. The first-order valence-electron chi connectivity index (χ1n) is 3.45. The molecule has 0 spiro atoms. The second-order valence-electron chi connectivity index (χ2n) is 2.28. The topological polar surface area (TPSA) is 44.9 Å². The number of nitrogens with one attached hydrogen (secondary N) is 2. The minimum atomic E-state index is -0.124. The van der Waals surface area contributed by atoms with Crippen molar-refractivity contribution in [3.63, 3.8) is 0 Å². The van der Waals surface area contributed by atoms with Crippen LogP contribution in [0.3, 0.4) is 0 Å². The van der Waals surface area contributed by atoms with Gasteiger partial charge in [-0.15, -0.1) is 0 Å². The van der Waals surface area contributed by atoms with Crippen LogP contribution in [0.2, 0.25) is 0 Å². The summed E-state index contributed by atoms with van der Waals surface area (Å²) in [6.07, 6.45) is 1.71. The Morgan fingerprint density at radius 3 is 3.00 bits per heavy atom. The van der Waals surface area contributed by atoms with Crippen molar-refractivity contribution in [1.82, 2.24) is 10.3 Å². The van der Waals surface area contributed by atoms with Crippen LogP contribution < -0.4 is 5.32 Å². The first kappa shape index (κ1) is 9.06. The highest BCUT2D eigenvalue weighted by molar-refractivity contribution is 9.11. The van der Waals surface area contributed by atoms with Crippen molar-refractivity contribution < 1.29 is 4.79 Å². The van der Waals surface area contributed by atoms with E-state index in [1.165, 1.54) is 0 Å². The third-order valence-corrected chi connectivity index (χ3v) is 1.56. The average Bonchev–Trinajstić information content (AvgIpc) is 2.51. The number of carbonyl (C=O) groups excluding carboxylic acids is 1. The van der Waals surface area contributed by atoms with Crippen molar-refractivity contribution in [2.24, 2.45) is 0 Å². The second-order valence-corrected chi connectivity index (χ2v) is 3.41. The number of carbonyl (C=O) groups is 1. The minimum Gasteiger partial charge on any atom is -0.357 e. The molecule has 1 heterocycles. The molecule has 1 amide bonds. The Hall–Kier alpha value is -1.03. The third kappa shape index (κ3) is 2.54. The lowest BCUT2D eigenvalue weighted by Crippen LogP contribution is -2.24. The standard InChI is InChI=1S/C8H9BrN2O/c1-6(9)5-11-8(12)7-3-2-4-10-7/h2-4,10H,1,5H2,(H,11,12). The molecule has 2 N–H and O–H groups in total. The summed E-state index contributed by atoms with van der Waals surface area (Å²) in [5.41, 5.74) is 0.559. The summed E-state index contributed by atoms with van der Waals surface area (Å²) in [6, 6.07) is 3.49. The van der Waals surface area contributed by atoms with Crippen LogP contribution in [-0.2, 0) is 0 Å². The molecular weight excluding hydrogens is 220 g/mol. The van der Waals surface area contributed by atoms with Gasteiger partial charge in [0, 0.05) is 17.2 Å². The minimum absolute atomic E-state index is 0.124. The van der Waals surface area contributed by atoms with E-state index < -0.39 is 0 Å². The van der Waals surface area contributed by atoms with Crippen molar-refractivity contribution in [2.75, 3.05) is 6.54 Å². The third-order valence-electron chi connectivity index (χ3n) is 1.28. The van der Waals surface area contributed by atoms with Crippen molar-refractivity contribution >= 4 is 21.8 Å². The van der Waals surface area contributed by atoms with E-state index in [4.69, 9.17) is 0 Å². The number of amides is 1. The molecule has 12 heavy (non-hydrogen) atoms. The molecule has 4 heteroatoms. The normalized spacial score (nSPS) is 9.42. The molecule has 0 fully saturated rings. The van der Waals surface area contributed by atoms with E-state index in [1.54, 1.807) is 18.3 Å². The van der Waals surface area contributed by atoms with E-state index in [1.807, 2.05) is 0 Å². The number of rotatable bonds is 3. The van der Waals surface area contributed by atoms with E-state index >= 15 is 0 Å². The molecule has 0 aliphatic rings. The van der Waals surface area contributed by atoms with E-state index in [-0.39, 0.29) is 5.91 Å². The van der Waals surface area contributed by atoms with Crippen LogP contribution in [0.15, 0.2) is 29.4 Å². The lowest BCUT2D eigenvalue weighted by atomic mass is 10.4. The largest absolute Gasteiger partial charge is 0.357 e. The monoisotopic (exact) mass is 228 g/mol.